The quantitative estimate of drug-likeness (QED) is 0.805. The molecule has 0 amide bonds. The molecule has 3 rings (SSSR count). The summed E-state index contributed by atoms with van der Waals surface area (Å²) in [6.45, 7) is 0.179. The molecule has 1 heterocycles. The monoisotopic (exact) mass is 227 g/mol. The van der Waals surface area contributed by atoms with Gasteiger partial charge in [0.2, 0.25) is 0 Å². The number of ketones is 1. The van der Waals surface area contributed by atoms with Gasteiger partial charge in [0.05, 0.1) is 5.52 Å². The van der Waals surface area contributed by atoms with Crippen molar-refractivity contribution in [3.05, 3.63) is 36.5 Å². The van der Waals surface area contributed by atoms with Crippen molar-refractivity contribution >= 4 is 16.7 Å². The molecule has 0 aliphatic heterocycles. The third kappa shape index (κ3) is 2.13. The van der Waals surface area contributed by atoms with Gasteiger partial charge in [0, 0.05) is 17.5 Å². The number of fused-ring (bicyclic) bond motifs is 1. The van der Waals surface area contributed by atoms with E-state index in [0.29, 0.717) is 0 Å². The molecule has 1 fully saturated rings. The Morgan fingerprint density at radius 2 is 2.18 bits per heavy atom. The van der Waals surface area contributed by atoms with E-state index in [1.165, 1.54) is 0 Å². The Kier molecular flexibility index (Phi) is 2.52. The van der Waals surface area contributed by atoms with E-state index >= 15 is 0 Å². The van der Waals surface area contributed by atoms with E-state index in [0.717, 1.165) is 29.5 Å². The second kappa shape index (κ2) is 4.17. The average molecular weight is 227 g/mol. The molecule has 17 heavy (non-hydrogen) atoms. The normalized spacial score (nSPS) is 14.8. The standard InChI is InChI=1S/C14H13NO2/c16-13(10-6-7-10)9-17-14-5-1-4-12-11(14)3-2-8-15-12/h1-5,8,10H,6-7,9H2. The molecule has 1 aliphatic rings. The van der Waals surface area contributed by atoms with Crippen LogP contribution in [0.4, 0.5) is 0 Å². The number of carbonyl (C=O) groups excluding carboxylic acids is 1. The zero-order valence-electron chi connectivity index (χ0n) is 9.43. The summed E-state index contributed by atoms with van der Waals surface area (Å²) < 4.78 is 5.59. The Morgan fingerprint density at radius 3 is 3.00 bits per heavy atom. The summed E-state index contributed by atoms with van der Waals surface area (Å²) in [6, 6.07) is 9.54. The van der Waals surface area contributed by atoms with Crippen LogP contribution in [0, 0.1) is 5.92 Å². The number of pyridine rings is 1. The number of rotatable bonds is 4. The molecule has 1 aromatic carbocycles. The van der Waals surface area contributed by atoms with Gasteiger partial charge in [-0.15, -0.1) is 0 Å². The summed E-state index contributed by atoms with van der Waals surface area (Å²) in [7, 11) is 0. The fourth-order valence-electron chi connectivity index (χ4n) is 1.87. The number of hydrogen-bond acceptors (Lipinski definition) is 3. The zero-order chi connectivity index (χ0) is 11.7. The fraction of sp³-hybridized carbons (Fsp3) is 0.286. The first-order valence-corrected chi connectivity index (χ1v) is 5.84. The van der Waals surface area contributed by atoms with Crippen LogP contribution in [0.15, 0.2) is 36.5 Å². The minimum absolute atomic E-state index is 0.179. The highest BCUT2D eigenvalue weighted by Gasteiger charge is 2.29. The van der Waals surface area contributed by atoms with Crippen molar-refractivity contribution in [1.82, 2.24) is 4.98 Å². The Hall–Kier alpha value is -1.90. The Balaban J connectivity index is 1.82. The second-order valence-electron chi connectivity index (χ2n) is 4.36. The molecule has 0 atom stereocenters. The van der Waals surface area contributed by atoms with Gasteiger partial charge in [-0.05, 0) is 37.1 Å². The number of nitrogens with zero attached hydrogens (tertiary/aromatic N) is 1. The van der Waals surface area contributed by atoms with Crippen molar-refractivity contribution in [2.75, 3.05) is 6.61 Å². The van der Waals surface area contributed by atoms with Gasteiger partial charge in [0.15, 0.2) is 5.78 Å². The molecule has 1 aliphatic carbocycles. The van der Waals surface area contributed by atoms with Crippen molar-refractivity contribution in [2.24, 2.45) is 5.92 Å². The highest BCUT2D eigenvalue weighted by Crippen LogP contribution is 2.30. The van der Waals surface area contributed by atoms with Gasteiger partial charge >= 0.3 is 0 Å². The van der Waals surface area contributed by atoms with Crippen molar-refractivity contribution < 1.29 is 9.53 Å². The van der Waals surface area contributed by atoms with Gasteiger partial charge in [-0.1, -0.05) is 6.07 Å². The van der Waals surface area contributed by atoms with Crippen molar-refractivity contribution in [3.63, 3.8) is 0 Å². The van der Waals surface area contributed by atoms with Crippen LogP contribution >= 0.6 is 0 Å². The van der Waals surface area contributed by atoms with E-state index in [2.05, 4.69) is 4.98 Å². The first kappa shape index (κ1) is 10.3. The molecule has 86 valence electrons. The van der Waals surface area contributed by atoms with Crippen LogP contribution < -0.4 is 4.74 Å². The lowest BCUT2D eigenvalue weighted by atomic mass is 10.2. The summed E-state index contributed by atoms with van der Waals surface area (Å²) in [4.78, 5) is 15.8. The lowest BCUT2D eigenvalue weighted by molar-refractivity contribution is -0.122. The molecule has 1 saturated carbocycles. The number of aromatic nitrogens is 1. The number of ether oxygens (including phenoxy) is 1. The highest BCUT2D eigenvalue weighted by molar-refractivity contribution is 5.87. The van der Waals surface area contributed by atoms with E-state index in [1.54, 1.807) is 6.20 Å². The van der Waals surface area contributed by atoms with E-state index in [1.807, 2.05) is 30.3 Å². The van der Waals surface area contributed by atoms with Crippen molar-refractivity contribution in [2.45, 2.75) is 12.8 Å². The topological polar surface area (TPSA) is 39.2 Å². The first-order chi connectivity index (χ1) is 8.34. The first-order valence-electron chi connectivity index (χ1n) is 5.84. The maximum absolute atomic E-state index is 11.6. The largest absolute Gasteiger partial charge is 0.485 e. The minimum atomic E-state index is 0.179. The third-order valence-electron chi connectivity index (χ3n) is 3.01. The van der Waals surface area contributed by atoms with Gasteiger partial charge in [0.25, 0.3) is 0 Å². The van der Waals surface area contributed by atoms with Gasteiger partial charge in [-0.2, -0.15) is 0 Å². The molecule has 3 heteroatoms. The van der Waals surface area contributed by atoms with Gasteiger partial charge in [0.1, 0.15) is 12.4 Å². The predicted octanol–water partition coefficient (Wildman–Crippen LogP) is 2.59. The van der Waals surface area contributed by atoms with Gasteiger partial charge in [-0.25, -0.2) is 0 Å². The lowest BCUT2D eigenvalue weighted by Gasteiger charge is -2.07. The molecule has 0 unspecified atom stereocenters. The van der Waals surface area contributed by atoms with Gasteiger partial charge < -0.3 is 4.74 Å². The van der Waals surface area contributed by atoms with E-state index in [-0.39, 0.29) is 18.3 Å². The smallest absolute Gasteiger partial charge is 0.173 e. The molecular formula is C14H13NO2. The number of Topliss-reactive ketones (excluding diaryl/α,β-unsaturated/α-hetero) is 1. The zero-order valence-corrected chi connectivity index (χ0v) is 9.43. The molecule has 0 N–H and O–H groups in total. The SMILES string of the molecule is O=C(COc1cccc2ncccc12)C1CC1. The third-order valence-corrected chi connectivity index (χ3v) is 3.01. The van der Waals surface area contributed by atoms with E-state index in [4.69, 9.17) is 4.74 Å². The summed E-state index contributed by atoms with van der Waals surface area (Å²) in [6.07, 6.45) is 3.81. The highest BCUT2D eigenvalue weighted by atomic mass is 16.5. The van der Waals surface area contributed by atoms with E-state index < -0.39 is 0 Å². The van der Waals surface area contributed by atoms with Crippen LogP contribution in [0.3, 0.4) is 0 Å². The summed E-state index contributed by atoms with van der Waals surface area (Å²) in [5, 5.41) is 0.957. The molecule has 0 spiro atoms. The summed E-state index contributed by atoms with van der Waals surface area (Å²) >= 11 is 0. The maximum Gasteiger partial charge on any atom is 0.173 e. The number of hydrogen-bond donors (Lipinski definition) is 0. The molecular weight excluding hydrogens is 214 g/mol. The summed E-state index contributed by atoms with van der Waals surface area (Å²) in [5.41, 5.74) is 0.892. The Bertz CT molecular complexity index is 556. The van der Waals surface area contributed by atoms with Crippen LogP contribution in [0.1, 0.15) is 12.8 Å². The molecule has 1 aromatic heterocycles. The molecule has 2 aromatic rings. The van der Waals surface area contributed by atoms with Crippen molar-refractivity contribution in [1.29, 1.82) is 0 Å². The van der Waals surface area contributed by atoms with E-state index in [9.17, 15) is 4.79 Å². The summed E-state index contributed by atoms with van der Waals surface area (Å²) in [5.74, 6) is 1.21. The Labute approximate surface area is 99.4 Å². The average Bonchev–Trinajstić information content (AvgIpc) is 3.20. The predicted molar refractivity (Wildman–Crippen MR) is 65.0 cm³/mol. The lowest BCUT2D eigenvalue weighted by Crippen LogP contribution is -2.12. The van der Waals surface area contributed by atoms with Crippen LogP contribution in [-0.4, -0.2) is 17.4 Å². The molecule has 0 bridgehead atoms. The Morgan fingerprint density at radius 1 is 1.29 bits per heavy atom. The molecule has 0 saturated heterocycles. The fourth-order valence-corrected chi connectivity index (χ4v) is 1.87. The number of carbonyl (C=O) groups is 1. The maximum atomic E-state index is 11.6. The van der Waals surface area contributed by atoms with Crippen molar-refractivity contribution in [3.8, 4) is 5.75 Å². The van der Waals surface area contributed by atoms with Crippen LogP contribution in [0.5, 0.6) is 5.75 Å². The molecule has 0 radical (unpaired) electrons. The minimum Gasteiger partial charge on any atom is -0.485 e. The van der Waals surface area contributed by atoms with Crippen LogP contribution in [-0.2, 0) is 4.79 Å². The molecule has 3 nitrogen and oxygen atoms in total. The van der Waals surface area contributed by atoms with Crippen LogP contribution in [0.2, 0.25) is 0 Å². The second-order valence-corrected chi connectivity index (χ2v) is 4.36. The van der Waals surface area contributed by atoms with Gasteiger partial charge in [-0.3, -0.25) is 9.78 Å². The number of benzene rings is 1. The van der Waals surface area contributed by atoms with Crippen LogP contribution in [0.25, 0.3) is 10.9 Å².